The molecule has 252 valence electrons. The molecule has 0 saturated carbocycles. The van der Waals surface area contributed by atoms with Crippen LogP contribution in [0, 0.1) is 5.41 Å². The summed E-state index contributed by atoms with van der Waals surface area (Å²) in [5.41, 5.74) is 0.741. The molecule has 0 aliphatic carbocycles. The molecule has 0 bridgehead atoms. The van der Waals surface area contributed by atoms with Crippen molar-refractivity contribution in [3.05, 3.63) is 130 Å². The molecule has 48 heavy (non-hydrogen) atoms. The number of likely N-dealkylation sites (tertiary alicyclic amines) is 1. The first-order valence-corrected chi connectivity index (χ1v) is 19.3. The van der Waals surface area contributed by atoms with Crippen molar-refractivity contribution >= 4 is 53.8 Å². The maximum Gasteiger partial charge on any atom is 0.304 e. The molecular formula is C40H45Cl2NO4Si. The third-order valence-electron chi connectivity index (χ3n) is 9.91. The fraction of sp³-hybridized carbons (Fsp3) is 0.350. The Hall–Kier alpha value is -3.42. The summed E-state index contributed by atoms with van der Waals surface area (Å²) < 4.78 is 7.42. The van der Waals surface area contributed by atoms with E-state index < -0.39 is 25.7 Å². The standard InChI is InChI=1S/C40H45Cl2NO4Si/c1-6-32(27-47-48(39(2,3)4,33-16-9-7-10-17-33)34-18-11-8-12-19-34)43-37(28-20-22-30(41)23-21-28)35(29-14-13-15-31(42)24-29)25-40(5,38(43)46)26-36(44)45/h7-24,32,35,37H,6,25-27H2,1-5H3,(H,44,45). The second kappa shape index (κ2) is 14.6. The number of hydrogen-bond donors (Lipinski definition) is 1. The summed E-state index contributed by atoms with van der Waals surface area (Å²) in [5.74, 6) is -1.41. The van der Waals surface area contributed by atoms with Gasteiger partial charge in [0.05, 0.1) is 30.5 Å². The average Bonchev–Trinajstić information content (AvgIpc) is 3.05. The largest absolute Gasteiger partial charge is 0.481 e. The van der Waals surface area contributed by atoms with E-state index >= 15 is 0 Å². The Labute approximate surface area is 296 Å². The van der Waals surface area contributed by atoms with E-state index in [4.69, 9.17) is 27.6 Å². The number of carbonyl (C=O) groups excluding carboxylic acids is 1. The molecule has 0 spiro atoms. The first-order valence-electron chi connectivity index (χ1n) is 16.6. The number of carboxylic acids is 1. The van der Waals surface area contributed by atoms with Crippen molar-refractivity contribution in [2.75, 3.05) is 6.61 Å². The summed E-state index contributed by atoms with van der Waals surface area (Å²) in [4.78, 5) is 29.2. The summed E-state index contributed by atoms with van der Waals surface area (Å²) >= 11 is 12.9. The van der Waals surface area contributed by atoms with Gasteiger partial charge in [0.1, 0.15) is 0 Å². The molecule has 8 heteroatoms. The van der Waals surface area contributed by atoms with Crippen molar-refractivity contribution in [2.24, 2.45) is 5.41 Å². The van der Waals surface area contributed by atoms with Crippen LogP contribution in [-0.2, 0) is 14.0 Å². The van der Waals surface area contributed by atoms with Gasteiger partial charge in [-0.3, -0.25) is 9.59 Å². The molecule has 4 aromatic carbocycles. The highest BCUT2D eigenvalue weighted by Crippen LogP contribution is 2.52. The van der Waals surface area contributed by atoms with Crippen LogP contribution in [0.3, 0.4) is 0 Å². The van der Waals surface area contributed by atoms with E-state index in [9.17, 15) is 14.7 Å². The van der Waals surface area contributed by atoms with E-state index in [1.165, 1.54) is 0 Å². The zero-order valence-electron chi connectivity index (χ0n) is 28.3. The predicted molar refractivity (Wildman–Crippen MR) is 198 cm³/mol. The van der Waals surface area contributed by atoms with Gasteiger partial charge in [0.2, 0.25) is 5.91 Å². The summed E-state index contributed by atoms with van der Waals surface area (Å²) in [6.07, 6.45) is 0.687. The van der Waals surface area contributed by atoms with Gasteiger partial charge in [-0.05, 0) is 63.6 Å². The number of halogens is 2. The number of carbonyl (C=O) groups is 2. The first kappa shape index (κ1) is 35.9. The predicted octanol–water partition coefficient (Wildman–Crippen LogP) is 8.89. The van der Waals surface area contributed by atoms with E-state index in [2.05, 4.69) is 76.2 Å². The normalized spacial score (nSPS) is 20.8. The van der Waals surface area contributed by atoms with Crippen molar-refractivity contribution in [2.45, 2.75) is 76.9 Å². The summed E-state index contributed by atoms with van der Waals surface area (Å²) in [5, 5.41) is 13.3. The van der Waals surface area contributed by atoms with Crippen molar-refractivity contribution < 1.29 is 19.1 Å². The number of aliphatic carboxylic acids is 1. The van der Waals surface area contributed by atoms with Gasteiger partial charge in [0.25, 0.3) is 8.32 Å². The molecule has 1 N–H and O–H groups in total. The third kappa shape index (κ3) is 7.13. The number of amides is 1. The average molecular weight is 703 g/mol. The highest BCUT2D eigenvalue weighted by atomic mass is 35.5. The molecule has 1 aliphatic heterocycles. The topological polar surface area (TPSA) is 66.8 Å². The van der Waals surface area contributed by atoms with Crippen molar-refractivity contribution in [1.82, 2.24) is 4.90 Å². The number of hydrogen-bond acceptors (Lipinski definition) is 3. The number of carboxylic acid groups (broad SMARTS) is 1. The Morgan fingerprint density at radius 2 is 1.48 bits per heavy atom. The van der Waals surface area contributed by atoms with Crippen LogP contribution in [-0.4, -0.2) is 42.8 Å². The van der Waals surface area contributed by atoms with Crippen LogP contribution < -0.4 is 10.4 Å². The lowest BCUT2D eigenvalue weighted by Crippen LogP contribution is -2.67. The number of benzene rings is 4. The van der Waals surface area contributed by atoms with Crippen LogP contribution in [0.1, 0.15) is 77.0 Å². The molecule has 4 aromatic rings. The first-order chi connectivity index (χ1) is 22.8. The van der Waals surface area contributed by atoms with Crippen LogP contribution in [0.4, 0.5) is 0 Å². The summed E-state index contributed by atoms with van der Waals surface area (Å²) in [6.45, 7) is 10.9. The molecule has 1 saturated heterocycles. The minimum absolute atomic E-state index is 0.180. The summed E-state index contributed by atoms with van der Waals surface area (Å²) in [6, 6.07) is 35.5. The zero-order chi connectivity index (χ0) is 34.7. The molecule has 4 atom stereocenters. The number of piperidine rings is 1. The second-order valence-corrected chi connectivity index (χ2v) is 19.4. The van der Waals surface area contributed by atoms with E-state index in [0.717, 1.165) is 21.5 Å². The van der Waals surface area contributed by atoms with Crippen molar-refractivity contribution in [3.63, 3.8) is 0 Å². The minimum atomic E-state index is -2.94. The molecule has 5 nitrogen and oxygen atoms in total. The van der Waals surface area contributed by atoms with Crippen LogP contribution in [0.2, 0.25) is 15.1 Å². The molecule has 1 aliphatic rings. The molecule has 5 rings (SSSR count). The fourth-order valence-corrected chi connectivity index (χ4v) is 12.6. The van der Waals surface area contributed by atoms with Crippen molar-refractivity contribution in [1.29, 1.82) is 0 Å². The lowest BCUT2D eigenvalue weighted by Gasteiger charge is -2.52. The van der Waals surface area contributed by atoms with Crippen LogP contribution in [0.5, 0.6) is 0 Å². The van der Waals surface area contributed by atoms with Gasteiger partial charge in [-0.25, -0.2) is 0 Å². The lowest BCUT2D eigenvalue weighted by atomic mass is 9.67. The Kier molecular flexibility index (Phi) is 10.9. The third-order valence-corrected chi connectivity index (χ3v) is 15.4. The number of nitrogens with zero attached hydrogens (tertiary/aromatic N) is 1. The van der Waals surface area contributed by atoms with Crippen LogP contribution in [0.25, 0.3) is 0 Å². The van der Waals surface area contributed by atoms with E-state index in [-0.39, 0.29) is 35.9 Å². The van der Waals surface area contributed by atoms with Crippen molar-refractivity contribution in [3.8, 4) is 0 Å². The molecule has 0 radical (unpaired) electrons. The van der Waals surface area contributed by atoms with Gasteiger partial charge in [-0.2, -0.15) is 0 Å². The monoisotopic (exact) mass is 701 g/mol. The molecule has 1 amide bonds. The van der Waals surface area contributed by atoms with Gasteiger partial charge in [0.15, 0.2) is 0 Å². The molecule has 1 heterocycles. The van der Waals surface area contributed by atoms with E-state index in [0.29, 0.717) is 22.9 Å². The Bertz CT molecular complexity index is 1670. The maximum atomic E-state index is 14.9. The number of rotatable bonds is 11. The van der Waals surface area contributed by atoms with Gasteiger partial charge in [0, 0.05) is 16.0 Å². The zero-order valence-corrected chi connectivity index (χ0v) is 30.8. The Balaban J connectivity index is 1.68. The van der Waals surface area contributed by atoms with E-state index in [1.54, 1.807) is 6.92 Å². The fourth-order valence-electron chi connectivity index (χ4n) is 7.66. The van der Waals surface area contributed by atoms with Crippen LogP contribution in [0.15, 0.2) is 109 Å². The Morgan fingerprint density at radius 1 is 0.896 bits per heavy atom. The minimum Gasteiger partial charge on any atom is -0.481 e. The van der Waals surface area contributed by atoms with Crippen LogP contribution >= 0.6 is 23.2 Å². The SMILES string of the molecule is CCC(CO[Si](c1ccccc1)(c1ccccc1)C(C)(C)C)N1C(=O)C(C)(CC(=O)O)CC(c2cccc(Cl)c2)C1c1ccc(Cl)cc1. The summed E-state index contributed by atoms with van der Waals surface area (Å²) in [7, 11) is -2.94. The molecule has 0 aromatic heterocycles. The molecular weight excluding hydrogens is 657 g/mol. The smallest absolute Gasteiger partial charge is 0.304 e. The highest BCUT2D eigenvalue weighted by Gasteiger charge is 2.54. The Morgan fingerprint density at radius 3 is 1.98 bits per heavy atom. The quantitative estimate of drug-likeness (QED) is 0.159. The lowest BCUT2D eigenvalue weighted by molar-refractivity contribution is -0.161. The second-order valence-electron chi connectivity index (χ2n) is 14.2. The molecule has 4 unspecified atom stereocenters. The van der Waals surface area contributed by atoms with Gasteiger partial charge >= 0.3 is 5.97 Å². The highest BCUT2D eigenvalue weighted by molar-refractivity contribution is 6.99. The van der Waals surface area contributed by atoms with Gasteiger partial charge in [-0.1, -0.05) is 143 Å². The van der Waals surface area contributed by atoms with E-state index in [1.807, 2.05) is 65.6 Å². The van der Waals surface area contributed by atoms with Gasteiger partial charge < -0.3 is 14.4 Å². The molecule has 1 fully saturated rings. The maximum absolute atomic E-state index is 14.9. The van der Waals surface area contributed by atoms with Gasteiger partial charge in [-0.15, -0.1) is 0 Å².